The van der Waals surface area contributed by atoms with Gasteiger partial charge in [-0.2, -0.15) is 0 Å². The zero-order valence-corrected chi connectivity index (χ0v) is 18.8. The maximum Gasteiger partial charge on any atom is 0.274 e. The average Bonchev–Trinajstić information content (AvgIpc) is 3.35. The third-order valence-corrected chi connectivity index (χ3v) is 6.25. The van der Waals surface area contributed by atoms with Crippen molar-refractivity contribution in [2.24, 2.45) is 0 Å². The minimum absolute atomic E-state index is 0.0688. The molecule has 2 heterocycles. The molecule has 0 bridgehead atoms. The zero-order chi connectivity index (χ0) is 22.6. The van der Waals surface area contributed by atoms with Crippen molar-refractivity contribution in [1.82, 2.24) is 9.38 Å². The number of ether oxygens (including phenoxy) is 2. The molecule has 3 aromatic carbocycles. The number of aromatic nitrogens is 2. The molecular weight excluding hydrogens is 432 g/mol. The van der Waals surface area contributed by atoms with E-state index in [1.165, 1.54) is 11.3 Å². The van der Waals surface area contributed by atoms with Gasteiger partial charge in [0, 0.05) is 5.56 Å². The number of hydrogen-bond donors (Lipinski definition) is 0. The Labute approximate surface area is 194 Å². The van der Waals surface area contributed by atoms with Crippen LogP contribution in [-0.4, -0.2) is 22.6 Å². The highest BCUT2D eigenvalue weighted by Gasteiger charge is 2.11. The van der Waals surface area contributed by atoms with Gasteiger partial charge in [-0.1, -0.05) is 65.9 Å². The van der Waals surface area contributed by atoms with Crippen molar-refractivity contribution in [2.45, 2.75) is 6.42 Å². The Hall–Kier alpha value is -3.90. The van der Waals surface area contributed by atoms with E-state index in [9.17, 15) is 4.79 Å². The Morgan fingerprint density at radius 3 is 2.45 bits per heavy atom. The first kappa shape index (κ1) is 21.0. The molecule has 0 unspecified atom stereocenters. The van der Waals surface area contributed by atoms with Crippen LogP contribution in [0.25, 0.3) is 22.1 Å². The fraction of sp³-hybridized carbons (Fsp3) is 0.111. The molecule has 0 amide bonds. The number of thiazole rings is 1. The minimum atomic E-state index is -0.0688. The van der Waals surface area contributed by atoms with Gasteiger partial charge in [0.1, 0.15) is 24.7 Å². The molecule has 0 spiro atoms. The minimum Gasteiger partial charge on any atom is -0.490 e. The first-order valence-corrected chi connectivity index (χ1v) is 11.5. The van der Waals surface area contributed by atoms with Gasteiger partial charge in [0.2, 0.25) is 0 Å². The van der Waals surface area contributed by atoms with Crippen LogP contribution in [0.2, 0.25) is 0 Å². The topological polar surface area (TPSA) is 52.8 Å². The van der Waals surface area contributed by atoms with Gasteiger partial charge in [-0.05, 0) is 42.3 Å². The lowest BCUT2D eigenvalue weighted by molar-refractivity contribution is 0.216. The second-order valence-electron chi connectivity index (χ2n) is 7.47. The van der Waals surface area contributed by atoms with Crippen LogP contribution in [0.4, 0.5) is 0 Å². The monoisotopic (exact) mass is 454 g/mol. The first-order chi connectivity index (χ1) is 16.2. The fourth-order valence-corrected chi connectivity index (χ4v) is 4.73. The zero-order valence-electron chi connectivity index (χ0n) is 17.9. The molecule has 0 aliphatic heterocycles. The van der Waals surface area contributed by atoms with Crippen LogP contribution in [0, 0.1) is 0 Å². The molecule has 0 atom stereocenters. The molecule has 0 saturated carbocycles. The Morgan fingerprint density at radius 1 is 0.909 bits per heavy atom. The Kier molecular flexibility index (Phi) is 5.91. The molecule has 2 aromatic heterocycles. The fourth-order valence-electron chi connectivity index (χ4n) is 3.76. The van der Waals surface area contributed by atoms with E-state index in [1.807, 2.05) is 84.9 Å². The van der Waals surface area contributed by atoms with Crippen molar-refractivity contribution in [2.75, 3.05) is 13.2 Å². The predicted molar refractivity (Wildman–Crippen MR) is 133 cm³/mol. The van der Waals surface area contributed by atoms with E-state index >= 15 is 0 Å². The number of benzene rings is 3. The number of hydrogen-bond acceptors (Lipinski definition) is 5. The van der Waals surface area contributed by atoms with Crippen molar-refractivity contribution in [3.63, 3.8) is 0 Å². The number of imidazole rings is 1. The Balaban J connectivity index is 1.36. The molecule has 0 radical (unpaired) electrons. The summed E-state index contributed by atoms with van der Waals surface area (Å²) in [5, 5.41) is 0. The highest BCUT2D eigenvalue weighted by atomic mass is 32.1. The standard InChI is InChI=1S/C27H22N2O3S/c1-2-9-19-10-3-7-14-23(19)31-16-17-32-24-15-8-4-11-20(24)18-25-26(30)29-22-13-6-5-12-21(22)28-27(29)33-25/h2-8,10-15,18H,1,9,16-17H2/b25-18-. The third-order valence-electron chi connectivity index (χ3n) is 5.29. The summed E-state index contributed by atoms with van der Waals surface area (Å²) in [4.78, 5) is 18.3. The van der Waals surface area contributed by atoms with Crippen molar-refractivity contribution < 1.29 is 9.47 Å². The second kappa shape index (κ2) is 9.30. The molecule has 5 aromatic rings. The Morgan fingerprint density at radius 2 is 1.61 bits per heavy atom. The van der Waals surface area contributed by atoms with E-state index in [2.05, 4.69) is 11.6 Å². The largest absolute Gasteiger partial charge is 0.490 e. The Bertz CT molecular complexity index is 1550. The van der Waals surface area contributed by atoms with Gasteiger partial charge in [-0.3, -0.25) is 4.79 Å². The van der Waals surface area contributed by atoms with Crippen LogP contribution in [0.1, 0.15) is 11.1 Å². The molecule has 5 rings (SSSR count). The third kappa shape index (κ3) is 4.25. The smallest absolute Gasteiger partial charge is 0.274 e. The molecule has 0 fully saturated rings. The van der Waals surface area contributed by atoms with Gasteiger partial charge < -0.3 is 9.47 Å². The van der Waals surface area contributed by atoms with Crippen LogP contribution in [-0.2, 0) is 6.42 Å². The van der Waals surface area contributed by atoms with Crippen molar-refractivity contribution in [3.05, 3.63) is 111 Å². The predicted octanol–water partition coefficient (Wildman–Crippen LogP) is 4.64. The van der Waals surface area contributed by atoms with Crippen molar-refractivity contribution >= 4 is 33.4 Å². The van der Waals surface area contributed by atoms with Crippen molar-refractivity contribution in [3.8, 4) is 11.5 Å². The van der Waals surface area contributed by atoms with Crippen LogP contribution < -0.4 is 19.6 Å². The van der Waals surface area contributed by atoms with Gasteiger partial charge in [0.15, 0.2) is 4.96 Å². The molecule has 0 saturated heterocycles. The maximum atomic E-state index is 13.1. The van der Waals surface area contributed by atoms with Crippen LogP contribution in [0.5, 0.6) is 11.5 Å². The number of nitrogens with zero attached hydrogens (tertiary/aromatic N) is 2. The molecule has 0 N–H and O–H groups in total. The van der Waals surface area contributed by atoms with E-state index in [-0.39, 0.29) is 5.56 Å². The summed E-state index contributed by atoms with van der Waals surface area (Å²) in [6, 6.07) is 23.3. The summed E-state index contributed by atoms with van der Waals surface area (Å²) >= 11 is 1.38. The molecule has 164 valence electrons. The molecule has 0 aliphatic carbocycles. The summed E-state index contributed by atoms with van der Waals surface area (Å²) in [7, 11) is 0. The first-order valence-electron chi connectivity index (χ1n) is 10.7. The average molecular weight is 455 g/mol. The SMILES string of the molecule is C=CCc1ccccc1OCCOc1ccccc1/C=c1\sc2nc3ccccc3n2c1=O. The molecular formula is C27H22N2O3S. The van der Waals surface area contributed by atoms with Gasteiger partial charge >= 0.3 is 0 Å². The van der Waals surface area contributed by atoms with E-state index in [4.69, 9.17) is 9.47 Å². The lowest BCUT2D eigenvalue weighted by atomic mass is 10.1. The summed E-state index contributed by atoms with van der Waals surface area (Å²) in [6.45, 7) is 4.59. The molecule has 33 heavy (non-hydrogen) atoms. The number of fused-ring (bicyclic) bond motifs is 3. The normalized spacial score (nSPS) is 11.8. The summed E-state index contributed by atoms with van der Waals surface area (Å²) in [5.74, 6) is 1.54. The quantitative estimate of drug-likeness (QED) is 0.253. The summed E-state index contributed by atoms with van der Waals surface area (Å²) < 4.78 is 14.2. The molecule has 6 heteroatoms. The van der Waals surface area contributed by atoms with Gasteiger partial charge in [-0.15, -0.1) is 6.58 Å². The van der Waals surface area contributed by atoms with E-state index in [1.54, 1.807) is 4.40 Å². The maximum absolute atomic E-state index is 13.1. The lowest BCUT2D eigenvalue weighted by Gasteiger charge is -2.12. The highest BCUT2D eigenvalue weighted by molar-refractivity contribution is 7.15. The van der Waals surface area contributed by atoms with E-state index in [0.717, 1.165) is 34.3 Å². The molecule has 0 aliphatic rings. The van der Waals surface area contributed by atoms with Gasteiger partial charge in [-0.25, -0.2) is 9.38 Å². The van der Waals surface area contributed by atoms with Crippen LogP contribution >= 0.6 is 11.3 Å². The van der Waals surface area contributed by atoms with Crippen LogP contribution in [0.15, 0.2) is 90.2 Å². The summed E-state index contributed by atoms with van der Waals surface area (Å²) in [6.07, 6.45) is 4.48. The lowest BCUT2D eigenvalue weighted by Crippen LogP contribution is -2.22. The number of para-hydroxylation sites is 4. The number of allylic oxidation sites excluding steroid dienone is 1. The van der Waals surface area contributed by atoms with Crippen LogP contribution in [0.3, 0.4) is 0 Å². The second-order valence-corrected chi connectivity index (χ2v) is 8.48. The van der Waals surface area contributed by atoms with E-state index < -0.39 is 0 Å². The molecule has 5 nitrogen and oxygen atoms in total. The summed E-state index contributed by atoms with van der Waals surface area (Å²) in [5.41, 5.74) is 3.52. The van der Waals surface area contributed by atoms with Gasteiger partial charge in [0.05, 0.1) is 15.6 Å². The van der Waals surface area contributed by atoms with Crippen molar-refractivity contribution in [1.29, 1.82) is 0 Å². The highest BCUT2D eigenvalue weighted by Crippen LogP contribution is 2.21. The van der Waals surface area contributed by atoms with Gasteiger partial charge in [0.25, 0.3) is 5.56 Å². The number of rotatable bonds is 8. The van der Waals surface area contributed by atoms with E-state index in [0.29, 0.717) is 28.5 Å².